The van der Waals surface area contributed by atoms with Crippen molar-refractivity contribution in [1.82, 2.24) is 15.2 Å². The molecular weight excluding hydrogens is 616 g/mol. The van der Waals surface area contributed by atoms with Crippen LogP contribution in [-0.4, -0.2) is 63.9 Å². The van der Waals surface area contributed by atoms with Gasteiger partial charge in [-0.25, -0.2) is 8.78 Å². The molecule has 13 heteroatoms. The number of rotatable bonds is 9. The summed E-state index contributed by atoms with van der Waals surface area (Å²) in [6, 6.07) is 13.1. The van der Waals surface area contributed by atoms with Crippen molar-refractivity contribution >= 4 is 46.4 Å². The summed E-state index contributed by atoms with van der Waals surface area (Å²) in [6.45, 7) is 4.56. The lowest BCUT2D eigenvalue weighted by atomic mass is 10.0. The standard InChI is InChI=1S/C33H31F2N5O5S/c1-19-18-40(33(45)23-5-3-11-36-16-23)20(2)17-39(19)28-10-8-22(32(44)38-27(15-30(41)42)29-6-4-12-46-29)14-26(28)37-31(43)21-7-9-24(34)25(35)13-21/h3-14,16,19-20,27H,15,17-18H2,1-2H3,(H,37,43)(H,38,44)(H,41,42). The molecule has 0 saturated carbocycles. The molecule has 5 rings (SSSR count). The number of pyridine rings is 1. The molecule has 0 spiro atoms. The van der Waals surface area contributed by atoms with E-state index in [-0.39, 0.29) is 41.2 Å². The topological polar surface area (TPSA) is 132 Å². The highest BCUT2D eigenvalue weighted by atomic mass is 32.1. The molecule has 46 heavy (non-hydrogen) atoms. The van der Waals surface area contributed by atoms with Crippen molar-refractivity contribution in [3.05, 3.63) is 112 Å². The molecule has 10 nitrogen and oxygen atoms in total. The van der Waals surface area contributed by atoms with Crippen LogP contribution < -0.4 is 15.5 Å². The lowest BCUT2D eigenvalue weighted by molar-refractivity contribution is -0.137. The zero-order valence-corrected chi connectivity index (χ0v) is 25.8. The second kappa shape index (κ2) is 13.9. The molecule has 3 atom stereocenters. The van der Waals surface area contributed by atoms with Gasteiger partial charge in [0.05, 0.1) is 29.4 Å². The van der Waals surface area contributed by atoms with Gasteiger partial charge in [-0.15, -0.1) is 11.3 Å². The first kappa shape index (κ1) is 32.2. The fraction of sp³-hybridized carbons (Fsp3) is 0.242. The first-order valence-corrected chi connectivity index (χ1v) is 15.3. The van der Waals surface area contributed by atoms with Crippen molar-refractivity contribution in [2.24, 2.45) is 0 Å². The predicted octanol–water partition coefficient (Wildman–Crippen LogP) is 5.36. The van der Waals surface area contributed by atoms with Gasteiger partial charge in [-0.2, -0.15) is 0 Å². The maximum Gasteiger partial charge on any atom is 0.305 e. The lowest BCUT2D eigenvalue weighted by Crippen LogP contribution is -2.58. The summed E-state index contributed by atoms with van der Waals surface area (Å²) in [7, 11) is 0. The maximum absolute atomic E-state index is 14.0. The number of hydrogen-bond donors (Lipinski definition) is 3. The Hall–Kier alpha value is -5.17. The van der Waals surface area contributed by atoms with Gasteiger partial charge in [0.25, 0.3) is 17.7 Å². The number of nitrogens with one attached hydrogen (secondary N) is 2. The minimum Gasteiger partial charge on any atom is -0.481 e. The van der Waals surface area contributed by atoms with Crippen molar-refractivity contribution < 1.29 is 33.1 Å². The van der Waals surface area contributed by atoms with Gasteiger partial charge >= 0.3 is 5.97 Å². The van der Waals surface area contributed by atoms with E-state index in [4.69, 9.17) is 0 Å². The summed E-state index contributed by atoms with van der Waals surface area (Å²) < 4.78 is 27.5. The molecule has 3 N–H and O–H groups in total. The van der Waals surface area contributed by atoms with Crippen molar-refractivity contribution in [3.8, 4) is 0 Å². The third kappa shape index (κ3) is 7.20. The largest absolute Gasteiger partial charge is 0.481 e. The van der Waals surface area contributed by atoms with Crippen LogP contribution in [-0.2, 0) is 4.79 Å². The summed E-state index contributed by atoms with van der Waals surface area (Å²) in [4.78, 5) is 59.9. The molecular formula is C33H31F2N5O5S. The Bertz CT molecular complexity index is 1750. The molecule has 1 aliphatic heterocycles. The second-order valence-corrected chi connectivity index (χ2v) is 12.0. The summed E-state index contributed by atoms with van der Waals surface area (Å²) >= 11 is 1.31. The Kier molecular flexibility index (Phi) is 9.71. The number of halogens is 2. The van der Waals surface area contributed by atoms with Crippen molar-refractivity contribution in [2.75, 3.05) is 23.3 Å². The van der Waals surface area contributed by atoms with Crippen molar-refractivity contribution in [2.45, 2.75) is 38.4 Å². The number of carbonyl (C=O) groups excluding carboxylic acids is 3. The Balaban J connectivity index is 1.45. The number of amides is 3. The van der Waals surface area contributed by atoms with Gasteiger partial charge in [-0.3, -0.25) is 24.2 Å². The first-order valence-electron chi connectivity index (χ1n) is 14.5. The number of thiophene rings is 1. The van der Waals surface area contributed by atoms with Crippen LogP contribution in [0.3, 0.4) is 0 Å². The third-order valence-electron chi connectivity index (χ3n) is 7.72. The highest BCUT2D eigenvalue weighted by Crippen LogP contribution is 2.33. The number of carboxylic acid groups (broad SMARTS) is 1. The number of anilines is 2. The zero-order valence-electron chi connectivity index (χ0n) is 24.9. The van der Waals surface area contributed by atoms with Crippen LogP contribution in [0.5, 0.6) is 0 Å². The van der Waals surface area contributed by atoms with Crippen LogP contribution in [0.4, 0.5) is 20.2 Å². The van der Waals surface area contributed by atoms with E-state index in [1.54, 1.807) is 52.9 Å². The quantitative estimate of drug-likeness (QED) is 0.223. The first-order chi connectivity index (χ1) is 22.0. The number of carbonyl (C=O) groups is 4. The molecule has 2 aromatic carbocycles. The van der Waals surface area contributed by atoms with E-state index in [1.807, 2.05) is 18.7 Å². The van der Waals surface area contributed by atoms with Gasteiger partial charge in [0.15, 0.2) is 11.6 Å². The number of carboxylic acids is 1. The Morgan fingerprint density at radius 2 is 1.70 bits per heavy atom. The van der Waals surface area contributed by atoms with Gasteiger partial charge in [0.1, 0.15) is 0 Å². The minimum absolute atomic E-state index is 0.132. The number of aliphatic carboxylic acids is 1. The average Bonchev–Trinajstić information content (AvgIpc) is 3.58. The van der Waals surface area contributed by atoms with Crippen LogP contribution >= 0.6 is 11.3 Å². The van der Waals surface area contributed by atoms with E-state index in [0.29, 0.717) is 29.2 Å². The number of benzene rings is 2. The van der Waals surface area contributed by atoms with Crippen LogP contribution in [0.25, 0.3) is 0 Å². The molecule has 238 valence electrons. The number of aromatic nitrogens is 1. The molecule has 2 aromatic heterocycles. The number of nitrogens with zero attached hydrogens (tertiary/aromatic N) is 3. The summed E-state index contributed by atoms with van der Waals surface area (Å²) in [6.07, 6.45) is 2.78. The molecule has 4 aromatic rings. The molecule has 0 aliphatic carbocycles. The highest BCUT2D eigenvalue weighted by molar-refractivity contribution is 7.10. The number of piperazine rings is 1. The summed E-state index contributed by atoms with van der Waals surface area (Å²) in [5.74, 6) is -4.82. The molecule has 1 saturated heterocycles. The normalized spacial score (nSPS) is 16.9. The lowest BCUT2D eigenvalue weighted by Gasteiger charge is -2.45. The SMILES string of the molecule is CC1CN(c2ccc(C(=O)NC(CC(=O)O)c3cccs3)cc2NC(=O)c2ccc(F)c(F)c2)C(C)CN1C(=O)c1cccnc1. The summed E-state index contributed by atoms with van der Waals surface area (Å²) in [5, 5.41) is 16.7. The van der Waals surface area contributed by atoms with Gasteiger partial charge in [-0.05, 0) is 73.8 Å². The molecule has 1 aliphatic rings. The molecule has 0 bridgehead atoms. The van der Waals surface area contributed by atoms with Crippen molar-refractivity contribution in [1.29, 1.82) is 0 Å². The molecule has 3 amide bonds. The van der Waals surface area contributed by atoms with Crippen LogP contribution in [0.2, 0.25) is 0 Å². The predicted molar refractivity (Wildman–Crippen MR) is 169 cm³/mol. The smallest absolute Gasteiger partial charge is 0.305 e. The Morgan fingerprint density at radius 3 is 2.37 bits per heavy atom. The van der Waals surface area contributed by atoms with Gasteiger partial charge in [0, 0.05) is 53.6 Å². The fourth-order valence-electron chi connectivity index (χ4n) is 5.39. The van der Waals surface area contributed by atoms with E-state index in [1.165, 1.54) is 23.6 Å². The average molecular weight is 648 g/mol. The maximum atomic E-state index is 14.0. The second-order valence-electron chi connectivity index (χ2n) is 11.0. The molecule has 3 heterocycles. The Morgan fingerprint density at radius 1 is 0.935 bits per heavy atom. The van der Waals surface area contributed by atoms with E-state index < -0.39 is 35.5 Å². The van der Waals surface area contributed by atoms with E-state index in [9.17, 15) is 33.1 Å². The third-order valence-corrected chi connectivity index (χ3v) is 8.71. The van der Waals surface area contributed by atoms with E-state index in [0.717, 1.165) is 18.2 Å². The van der Waals surface area contributed by atoms with Gasteiger partial charge in [0.2, 0.25) is 0 Å². The zero-order chi connectivity index (χ0) is 33.0. The van der Waals surface area contributed by atoms with Gasteiger partial charge in [-0.1, -0.05) is 6.07 Å². The summed E-state index contributed by atoms with van der Waals surface area (Å²) in [5.41, 5.74) is 1.24. The molecule has 3 unspecified atom stereocenters. The molecule has 0 radical (unpaired) electrons. The monoisotopic (exact) mass is 647 g/mol. The van der Waals surface area contributed by atoms with Crippen LogP contribution in [0.1, 0.15) is 62.3 Å². The van der Waals surface area contributed by atoms with E-state index >= 15 is 0 Å². The van der Waals surface area contributed by atoms with Gasteiger partial charge < -0.3 is 25.5 Å². The van der Waals surface area contributed by atoms with Crippen LogP contribution in [0.15, 0.2) is 78.4 Å². The molecule has 1 fully saturated rings. The van der Waals surface area contributed by atoms with Crippen molar-refractivity contribution in [3.63, 3.8) is 0 Å². The highest BCUT2D eigenvalue weighted by Gasteiger charge is 2.34. The van der Waals surface area contributed by atoms with E-state index in [2.05, 4.69) is 15.6 Å². The van der Waals surface area contributed by atoms with Crippen LogP contribution in [0, 0.1) is 11.6 Å². The fourth-order valence-corrected chi connectivity index (χ4v) is 6.17. The Labute approximate surface area is 267 Å². The minimum atomic E-state index is -1.18. The number of hydrogen-bond acceptors (Lipinski definition) is 7.